The number of benzene rings is 1. The number of esters is 1. The van der Waals surface area contributed by atoms with E-state index in [1.54, 1.807) is 24.9 Å². The first kappa shape index (κ1) is 17.7. The molecule has 0 saturated carbocycles. The Hall–Kier alpha value is -2.63. The maximum absolute atomic E-state index is 12.3. The largest absolute Gasteiger partial charge is 0.448 e. The third-order valence-electron chi connectivity index (χ3n) is 3.63. The molecule has 1 amide bonds. The van der Waals surface area contributed by atoms with Gasteiger partial charge in [0, 0.05) is 19.3 Å². The summed E-state index contributed by atoms with van der Waals surface area (Å²) in [5.41, 5.74) is 2.09. The summed E-state index contributed by atoms with van der Waals surface area (Å²) in [4.78, 5) is 26.0. The lowest BCUT2D eigenvalue weighted by Gasteiger charge is -2.21. The van der Waals surface area contributed by atoms with Crippen LogP contribution in [0.5, 0.6) is 0 Å². The highest BCUT2D eigenvalue weighted by Gasteiger charge is 2.23. The number of aromatic nitrogens is 2. The first-order valence-corrected chi connectivity index (χ1v) is 8.05. The molecule has 1 aromatic carbocycles. The van der Waals surface area contributed by atoms with Gasteiger partial charge in [-0.25, -0.2) is 4.79 Å². The van der Waals surface area contributed by atoms with Crippen LogP contribution in [-0.4, -0.2) is 40.1 Å². The van der Waals surface area contributed by atoms with Gasteiger partial charge in [-0.15, -0.1) is 0 Å². The highest BCUT2D eigenvalue weighted by Crippen LogP contribution is 2.09. The minimum absolute atomic E-state index is 0.198. The molecule has 0 spiro atoms. The SMILES string of the molecule is CCCc1cc(C(=O)OC(C)C(=O)N(C)Cc2ccccc2)n[nH]1. The van der Waals surface area contributed by atoms with Crippen LogP contribution in [-0.2, 0) is 22.5 Å². The van der Waals surface area contributed by atoms with Crippen LogP contribution < -0.4 is 0 Å². The second-order valence-corrected chi connectivity index (χ2v) is 5.76. The number of aryl methyl sites for hydroxylation is 1. The second-order valence-electron chi connectivity index (χ2n) is 5.76. The fourth-order valence-electron chi connectivity index (χ4n) is 2.38. The standard InChI is InChI=1S/C18H23N3O3/c1-4-8-15-11-16(20-19-15)18(23)24-13(2)17(22)21(3)12-14-9-6-5-7-10-14/h5-7,9-11,13H,4,8,12H2,1-3H3,(H,19,20). The molecule has 0 aliphatic carbocycles. The van der Waals surface area contributed by atoms with Gasteiger partial charge in [-0.2, -0.15) is 5.10 Å². The number of nitrogens with zero attached hydrogens (tertiary/aromatic N) is 2. The molecule has 2 aromatic rings. The number of hydrogen-bond acceptors (Lipinski definition) is 4. The highest BCUT2D eigenvalue weighted by atomic mass is 16.5. The molecule has 0 bridgehead atoms. The number of carbonyl (C=O) groups is 2. The molecule has 0 radical (unpaired) electrons. The molecule has 1 aromatic heterocycles. The van der Waals surface area contributed by atoms with Gasteiger partial charge in [0.1, 0.15) is 0 Å². The van der Waals surface area contributed by atoms with Gasteiger partial charge in [0.05, 0.1) is 0 Å². The average Bonchev–Trinajstić information content (AvgIpc) is 3.04. The van der Waals surface area contributed by atoms with Crippen molar-refractivity contribution >= 4 is 11.9 Å². The van der Waals surface area contributed by atoms with Gasteiger partial charge in [0.2, 0.25) is 0 Å². The van der Waals surface area contributed by atoms with E-state index >= 15 is 0 Å². The first-order chi connectivity index (χ1) is 11.5. The molecule has 1 N–H and O–H groups in total. The number of nitrogens with one attached hydrogen (secondary N) is 1. The Kier molecular flexibility index (Phi) is 6.12. The van der Waals surface area contributed by atoms with Crippen LogP contribution >= 0.6 is 0 Å². The van der Waals surface area contributed by atoms with E-state index < -0.39 is 12.1 Å². The number of rotatable bonds is 7. The highest BCUT2D eigenvalue weighted by molar-refractivity contribution is 5.90. The lowest BCUT2D eigenvalue weighted by Crippen LogP contribution is -2.37. The Bertz CT molecular complexity index is 682. The molecule has 24 heavy (non-hydrogen) atoms. The zero-order chi connectivity index (χ0) is 17.5. The minimum Gasteiger partial charge on any atom is -0.448 e. The van der Waals surface area contributed by atoms with Crippen LogP contribution in [0.15, 0.2) is 36.4 Å². The van der Waals surface area contributed by atoms with Crippen molar-refractivity contribution in [3.8, 4) is 0 Å². The molecule has 0 aliphatic heterocycles. The average molecular weight is 329 g/mol. The van der Waals surface area contributed by atoms with E-state index in [4.69, 9.17) is 4.74 Å². The summed E-state index contributed by atoms with van der Waals surface area (Å²) in [5, 5.41) is 6.73. The van der Waals surface area contributed by atoms with Gasteiger partial charge in [-0.3, -0.25) is 9.89 Å². The summed E-state index contributed by atoms with van der Waals surface area (Å²) in [6.07, 6.45) is 0.905. The molecule has 1 unspecified atom stereocenters. The zero-order valence-electron chi connectivity index (χ0n) is 14.3. The van der Waals surface area contributed by atoms with E-state index in [1.807, 2.05) is 37.3 Å². The molecular weight excluding hydrogens is 306 g/mol. The van der Waals surface area contributed by atoms with E-state index in [0.717, 1.165) is 24.1 Å². The Morgan fingerprint density at radius 1 is 1.29 bits per heavy atom. The van der Waals surface area contributed by atoms with E-state index in [2.05, 4.69) is 10.2 Å². The Balaban J connectivity index is 1.91. The van der Waals surface area contributed by atoms with Crippen molar-refractivity contribution in [1.29, 1.82) is 0 Å². The van der Waals surface area contributed by atoms with Crippen LogP contribution in [0.4, 0.5) is 0 Å². The van der Waals surface area contributed by atoms with E-state index in [0.29, 0.717) is 6.54 Å². The quantitative estimate of drug-likeness (QED) is 0.792. The second kappa shape index (κ2) is 8.29. The normalized spacial score (nSPS) is 11.8. The summed E-state index contributed by atoms with van der Waals surface area (Å²) in [5.74, 6) is -0.848. The monoisotopic (exact) mass is 329 g/mol. The fourth-order valence-corrected chi connectivity index (χ4v) is 2.38. The number of H-pyrrole nitrogens is 1. The maximum atomic E-state index is 12.3. The third-order valence-corrected chi connectivity index (χ3v) is 3.63. The van der Waals surface area contributed by atoms with Crippen molar-refractivity contribution in [3.63, 3.8) is 0 Å². The topological polar surface area (TPSA) is 75.3 Å². The molecule has 0 aliphatic rings. The van der Waals surface area contributed by atoms with Crippen LogP contribution in [0.2, 0.25) is 0 Å². The molecule has 0 fully saturated rings. The number of hydrogen-bond donors (Lipinski definition) is 1. The molecule has 1 atom stereocenters. The van der Waals surface area contributed by atoms with Crippen molar-refractivity contribution in [2.45, 2.75) is 39.3 Å². The number of likely N-dealkylation sites (N-methyl/N-ethyl adjacent to an activating group) is 1. The summed E-state index contributed by atoms with van der Waals surface area (Å²) in [6, 6.07) is 11.3. The van der Waals surface area contributed by atoms with Crippen molar-refractivity contribution < 1.29 is 14.3 Å². The fraction of sp³-hybridized carbons (Fsp3) is 0.389. The van der Waals surface area contributed by atoms with E-state index in [9.17, 15) is 9.59 Å². The minimum atomic E-state index is -0.863. The van der Waals surface area contributed by atoms with Crippen molar-refractivity contribution in [2.75, 3.05) is 7.05 Å². The molecule has 6 nitrogen and oxygen atoms in total. The van der Waals surface area contributed by atoms with Crippen LogP contribution in [0.25, 0.3) is 0 Å². The summed E-state index contributed by atoms with van der Waals surface area (Å²) >= 11 is 0. The Morgan fingerprint density at radius 3 is 2.67 bits per heavy atom. The summed E-state index contributed by atoms with van der Waals surface area (Å²) < 4.78 is 5.24. The number of carbonyl (C=O) groups excluding carboxylic acids is 2. The van der Waals surface area contributed by atoms with Crippen LogP contribution in [0.3, 0.4) is 0 Å². The van der Waals surface area contributed by atoms with Crippen molar-refractivity contribution in [3.05, 3.63) is 53.3 Å². The van der Waals surface area contributed by atoms with E-state index in [-0.39, 0.29) is 11.6 Å². The van der Waals surface area contributed by atoms with Gasteiger partial charge >= 0.3 is 5.97 Å². The zero-order valence-corrected chi connectivity index (χ0v) is 14.3. The lowest BCUT2D eigenvalue weighted by molar-refractivity contribution is -0.139. The predicted octanol–water partition coefficient (Wildman–Crippen LogP) is 2.57. The summed E-state index contributed by atoms with van der Waals surface area (Å²) in [7, 11) is 1.69. The first-order valence-electron chi connectivity index (χ1n) is 8.05. The van der Waals surface area contributed by atoms with Crippen LogP contribution in [0, 0.1) is 0 Å². The molecule has 1 heterocycles. The van der Waals surface area contributed by atoms with Gasteiger partial charge in [0.15, 0.2) is 11.8 Å². The molecular formula is C18H23N3O3. The maximum Gasteiger partial charge on any atom is 0.359 e. The number of ether oxygens (including phenoxy) is 1. The Morgan fingerprint density at radius 2 is 2.00 bits per heavy atom. The third kappa shape index (κ3) is 4.68. The van der Waals surface area contributed by atoms with E-state index in [1.165, 1.54) is 0 Å². The van der Waals surface area contributed by atoms with Crippen molar-refractivity contribution in [1.82, 2.24) is 15.1 Å². The Labute approximate surface area is 141 Å². The molecule has 2 rings (SSSR count). The lowest BCUT2D eigenvalue weighted by atomic mass is 10.2. The molecule has 0 saturated heterocycles. The van der Waals surface area contributed by atoms with Gasteiger partial charge in [-0.1, -0.05) is 43.7 Å². The molecule has 6 heteroatoms. The van der Waals surface area contributed by atoms with Crippen molar-refractivity contribution in [2.24, 2.45) is 0 Å². The smallest absolute Gasteiger partial charge is 0.359 e. The summed E-state index contributed by atoms with van der Waals surface area (Å²) in [6.45, 7) is 4.08. The van der Waals surface area contributed by atoms with Gasteiger partial charge in [-0.05, 0) is 25.0 Å². The number of aromatic amines is 1. The van der Waals surface area contributed by atoms with Gasteiger partial charge < -0.3 is 9.64 Å². The van der Waals surface area contributed by atoms with Gasteiger partial charge in [0.25, 0.3) is 5.91 Å². The molecule has 128 valence electrons. The number of amides is 1. The predicted molar refractivity (Wildman–Crippen MR) is 90.4 cm³/mol. The van der Waals surface area contributed by atoms with Crippen LogP contribution in [0.1, 0.15) is 42.0 Å².